The summed E-state index contributed by atoms with van der Waals surface area (Å²) in [4.78, 5) is 11.8. The Kier molecular flexibility index (Phi) is 8.04. The van der Waals surface area contributed by atoms with E-state index in [2.05, 4.69) is 206 Å². The minimum Gasteiger partial charge on any atom is -0.227 e. The summed E-state index contributed by atoms with van der Waals surface area (Å²) in [5.74, 6) is 0.724. The molecule has 0 spiro atoms. The summed E-state index contributed by atoms with van der Waals surface area (Å²) in [5.41, 5.74) is 12.5. The molecule has 0 saturated heterocycles. The van der Waals surface area contributed by atoms with Gasteiger partial charge < -0.3 is 0 Å². The van der Waals surface area contributed by atoms with E-state index in [-0.39, 0.29) is 0 Å². The van der Waals surface area contributed by atoms with Gasteiger partial charge in [0.05, 0.1) is 5.69 Å². The number of benzene rings is 9. The highest BCUT2D eigenvalue weighted by Crippen LogP contribution is 2.44. The molecule has 0 fully saturated rings. The Bertz CT molecular complexity index is 3230. The van der Waals surface area contributed by atoms with Gasteiger partial charge in [0.15, 0.2) is 5.82 Å². The molecule has 11 rings (SSSR count). The molecule has 57 heavy (non-hydrogen) atoms. The molecule has 0 radical (unpaired) electrons. The van der Waals surface area contributed by atoms with E-state index >= 15 is 0 Å². The quantitative estimate of drug-likeness (QED) is 0.170. The van der Waals surface area contributed by atoms with Crippen LogP contribution in [0.3, 0.4) is 0 Å². The molecule has 3 heteroatoms. The van der Waals surface area contributed by atoms with E-state index in [0.717, 1.165) is 44.0 Å². The van der Waals surface area contributed by atoms with Crippen molar-refractivity contribution in [3.63, 3.8) is 0 Å². The highest BCUT2D eigenvalue weighted by atomic mass is 32.1. The SMILES string of the molecule is c1ccc(-c2cc(-c3ccccc3)cc(-c3cccc(-c4cccc(-c5nc(-c6cccc7ccccc67)c6c(n5)sc5c7ccccc7ccc56)c4)c3)c2)cc1. The van der Waals surface area contributed by atoms with Crippen LogP contribution < -0.4 is 0 Å². The number of thiophene rings is 1. The van der Waals surface area contributed by atoms with Crippen LogP contribution in [0.1, 0.15) is 0 Å². The van der Waals surface area contributed by atoms with E-state index in [4.69, 9.17) is 9.97 Å². The van der Waals surface area contributed by atoms with E-state index in [9.17, 15) is 0 Å². The molecule has 11 aromatic rings. The summed E-state index contributed by atoms with van der Waals surface area (Å²) in [5, 5.41) is 7.16. The fourth-order valence-corrected chi connectivity index (χ4v) is 9.47. The van der Waals surface area contributed by atoms with Gasteiger partial charge in [-0.3, -0.25) is 0 Å². The summed E-state index contributed by atoms with van der Waals surface area (Å²) >= 11 is 1.76. The fourth-order valence-electron chi connectivity index (χ4n) is 8.26. The van der Waals surface area contributed by atoms with Gasteiger partial charge in [-0.2, -0.15) is 0 Å². The first-order valence-corrected chi connectivity index (χ1v) is 20.1. The molecule has 0 N–H and O–H groups in total. The monoisotopic (exact) mass is 742 g/mol. The van der Waals surface area contributed by atoms with Crippen LogP contribution in [0, 0.1) is 0 Å². The summed E-state index contributed by atoms with van der Waals surface area (Å²) in [6, 6.07) is 74.0. The van der Waals surface area contributed by atoms with Gasteiger partial charge in [-0.05, 0) is 96.4 Å². The van der Waals surface area contributed by atoms with Crippen LogP contribution >= 0.6 is 11.3 Å². The van der Waals surface area contributed by atoms with Crippen molar-refractivity contribution in [2.45, 2.75) is 0 Å². The molecule has 2 heterocycles. The van der Waals surface area contributed by atoms with Gasteiger partial charge >= 0.3 is 0 Å². The Morgan fingerprint density at radius 2 is 0.789 bits per heavy atom. The lowest BCUT2D eigenvalue weighted by Crippen LogP contribution is -1.94. The summed E-state index contributed by atoms with van der Waals surface area (Å²) < 4.78 is 1.24. The zero-order valence-electron chi connectivity index (χ0n) is 30.9. The van der Waals surface area contributed by atoms with Crippen molar-refractivity contribution in [2.24, 2.45) is 0 Å². The van der Waals surface area contributed by atoms with Crippen LogP contribution in [-0.2, 0) is 0 Å². The molecule has 0 aliphatic heterocycles. The Morgan fingerprint density at radius 1 is 0.316 bits per heavy atom. The zero-order chi connectivity index (χ0) is 37.7. The predicted molar refractivity (Wildman–Crippen MR) is 243 cm³/mol. The van der Waals surface area contributed by atoms with Crippen LogP contribution in [-0.4, -0.2) is 9.97 Å². The van der Waals surface area contributed by atoms with Crippen LogP contribution in [0.5, 0.6) is 0 Å². The molecule has 0 bridgehead atoms. The lowest BCUT2D eigenvalue weighted by molar-refractivity contribution is 1.24. The molecule has 2 aromatic heterocycles. The number of nitrogens with zero attached hydrogens (tertiary/aromatic N) is 2. The van der Waals surface area contributed by atoms with E-state index < -0.39 is 0 Å². The maximum absolute atomic E-state index is 5.47. The van der Waals surface area contributed by atoms with Crippen LogP contribution in [0.15, 0.2) is 206 Å². The van der Waals surface area contributed by atoms with Crippen LogP contribution in [0.25, 0.3) is 109 Å². The van der Waals surface area contributed by atoms with Crippen LogP contribution in [0.2, 0.25) is 0 Å². The van der Waals surface area contributed by atoms with Crippen molar-refractivity contribution in [3.8, 4) is 67.2 Å². The second-order valence-corrected chi connectivity index (χ2v) is 15.6. The normalized spacial score (nSPS) is 11.5. The second kappa shape index (κ2) is 13.8. The van der Waals surface area contributed by atoms with Crippen molar-refractivity contribution in [3.05, 3.63) is 206 Å². The van der Waals surface area contributed by atoms with E-state index in [0.29, 0.717) is 0 Å². The predicted octanol–water partition coefficient (Wildman–Crippen LogP) is 15.2. The topological polar surface area (TPSA) is 25.8 Å². The number of fused-ring (bicyclic) bond motifs is 6. The third kappa shape index (κ3) is 5.97. The van der Waals surface area contributed by atoms with Gasteiger partial charge in [0.2, 0.25) is 0 Å². The van der Waals surface area contributed by atoms with Crippen molar-refractivity contribution in [1.82, 2.24) is 9.97 Å². The Hall–Kier alpha value is -7.20. The molecular formula is C54H34N2S. The fraction of sp³-hybridized carbons (Fsp3) is 0. The lowest BCUT2D eigenvalue weighted by Gasteiger charge is -2.13. The zero-order valence-corrected chi connectivity index (χ0v) is 31.7. The minimum absolute atomic E-state index is 0.724. The van der Waals surface area contributed by atoms with Crippen molar-refractivity contribution in [2.75, 3.05) is 0 Å². The van der Waals surface area contributed by atoms with Crippen molar-refractivity contribution < 1.29 is 0 Å². The van der Waals surface area contributed by atoms with Gasteiger partial charge in [-0.1, -0.05) is 176 Å². The third-order valence-electron chi connectivity index (χ3n) is 11.1. The molecular weight excluding hydrogens is 709 g/mol. The first-order valence-electron chi connectivity index (χ1n) is 19.3. The van der Waals surface area contributed by atoms with Gasteiger partial charge in [-0.15, -0.1) is 11.3 Å². The van der Waals surface area contributed by atoms with E-state index in [1.165, 1.54) is 65.0 Å². The molecule has 0 aliphatic rings. The third-order valence-corrected chi connectivity index (χ3v) is 12.2. The number of hydrogen-bond acceptors (Lipinski definition) is 3. The van der Waals surface area contributed by atoms with Gasteiger partial charge in [0, 0.05) is 26.6 Å². The Labute approximate surface area is 335 Å². The molecule has 0 aliphatic carbocycles. The summed E-state index contributed by atoms with van der Waals surface area (Å²) in [6.07, 6.45) is 0. The second-order valence-electron chi connectivity index (χ2n) is 14.6. The highest BCUT2D eigenvalue weighted by molar-refractivity contribution is 7.26. The Morgan fingerprint density at radius 3 is 1.47 bits per heavy atom. The minimum atomic E-state index is 0.724. The van der Waals surface area contributed by atoms with E-state index in [1.54, 1.807) is 11.3 Å². The highest BCUT2D eigenvalue weighted by Gasteiger charge is 2.20. The first kappa shape index (κ1) is 33.2. The molecule has 0 saturated carbocycles. The molecule has 0 unspecified atom stereocenters. The number of hydrogen-bond donors (Lipinski definition) is 0. The molecule has 9 aromatic carbocycles. The summed E-state index contributed by atoms with van der Waals surface area (Å²) in [6.45, 7) is 0. The van der Waals surface area contributed by atoms with Crippen molar-refractivity contribution >= 4 is 53.2 Å². The van der Waals surface area contributed by atoms with E-state index in [1.807, 2.05) is 0 Å². The number of aromatic nitrogens is 2. The molecule has 0 atom stereocenters. The molecule has 266 valence electrons. The molecule has 0 amide bonds. The smallest absolute Gasteiger partial charge is 0.161 e. The Balaban J connectivity index is 1.06. The van der Waals surface area contributed by atoms with Gasteiger partial charge in [-0.25, -0.2) is 9.97 Å². The first-order chi connectivity index (χ1) is 28.2. The lowest BCUT2D eigenvalue weighted by atomic mass is 9.92. The average Bonchev–Trinajstić information content (AvgIpc) is 3.68. The van der Waals surface area contributed by atoms with Crippen molar-refractivity contribution in [1.29, 1.82) is 0 Å². The molecule has 2 nitrogen and oxygen atoms in total. The standard InChI is InChI=1S/C54H34N2S/c1-3-14-35(15-4-1)43-32-44(36-16-5-2-6-17-36)34-45(33-43)41-23-11-21-39(30-41)40-22-12-24-42(31-40)53-55-51(48-27-13-20-37-18-7-9-25-46(37)48)50-49-29-28-38-19-8-10-26-47(38)52(49)57-54(50)56-53/h1-34H. The number of rotatable bonds is 6. The van der Waals surface area contributed by atoms with Crippen LogP contribution in [0.4, 0.5) is 0 Å². The average molecular weight is 743 g/mol. The maximum Gasteiger partial charge on any atom is 0.161 e. The van der Waals surface area contributed by atoms with Gasteiger partial charge in [0.25, 0.3) is 0 Å². The maximum atomic E-state index is 5.47. The van der Waals surface area contributed by atoms with Gasteiger partial charge in [0.1, 0.15) is 4.83 Å². The summed E-state index contributed by atoms with van der Waals surface area (Å²) in [7, 11) is 0. The largest absolute Gasteiger partial charge is 0.227 e.